The Morgan fingerprint density at radius 2 is 1.83 bits per heavy atom. The Labute approximate surface area is 176 Å². The molecule has 2 atom stereocenters. The SMILES string of the molecule is CC(C)(C)OC(=O)NC1CC2(CCNC2)Oc2cc(C(=O)OC(C)(C)C)cc(F)c21. The largest absolute Gasteiger partial charge is 0.485 e. The van der Waals surface area contributed by atoms with Gasteiger partial charge in [0.05, 0.1) is 17.2 Å². The minimum Gasteiger partial charge on any atom is -0.485 e. The van der Waals surface area contributed by atoms with Crippen LogP contribution in [0.4, 0.5) is 9.18 Å². The maximum atomic E-state index is 15.1. The Balaban J connectivity index is 1.95. The molecular formula is C22H31FN2O5. The highest BCUT2D eigenvalue weighted by atomic mass is 19.1. The second kappa shape index (κ2) is 7.72. The van der Waals surface area contributed by atoms with Gasteiger partial charge in [0.1, 0.15) is 28.4 Å². The standard InChI is InChI=1S/C22H31FN2O5/c1-20(2,3)29-18(26)13-9-14(23)17-15(25-19(27)30-21(4,5)6)11-22(7-8-24-12-22)28-16(17)10-13/h9-10,15,24H,7-8,11-12H2,1-6H3,(H,25,27). The molecule has 30 heavy (non-hydrogen) atoms. The maximum Gasteiger partial charge on any atom is 0.408 e. The lowest BCUT2D eigenvalue weighted by Gasteiger charge is -2.40. The molecule has 7 nitrogen and oxygen atoms in total. The molecule has 2 N–H and O–H groups in total. The normalized spacial score (nSPS) is 23.5. The Kier molecular flexibility index (Phi) is 5.75. The number of hydrogen-bond acceptors (Lipinski definition) is 6. The number of alkyl carbamates (subject to hydrolysis) is 1. The lowest BCUT2D eigenvalue weighted by atomic mass is 9.85. The van der Waals surface area contributed by atoms with E-state index in [0.29, 0.717) is 19.4 Å². The topological polar surface area (TPSA) is 85.9 Å². The summed E-state index contributed by atoms with van der Waals surface area (Å²) in [5.41, 5.74) is -1.69. The van der Waals surface area contributed by atoms with Crippen molar-refractivity contribution in [3.05, 3.63) is 29.1 Å². The van der Waals surface area contributed by atoms with Gasteiger partial charge in [-0.2, -0.15) is 0 Å². The summed E-state index contributed by atoms with van der Waals surface area (Å²) in [6.45, 7) is 11.9. The van der Waals surface area contributed by atoms with Crippen LogP contribution in [0.3, 0.4) is 0 Å². The minimum atomic E-state index is -0.707. The van der Waals surface area contributed by atoms with E-state index < -0.39 is 40.7 Å². The van der Waals surface area contributed by atoms with Crippen molar-refractivity contribution in [2.45, 2.75) is 77.2 Å². The zero-order valence-electron chi connectivity index (χ0n) is 18.5. The fourth-order valence-corrected chi connectivity index (χ4v) is 3.77. The number of ether oxygens (including phenoxy) is 3. The van der Waals surface area contributed by atoms with Crippen LogP contribution < -0.4 is 15.4 Å². The van der Waals surface area contributed by atoms with E-state index in [9.17, 15) is 9.59 Å². The van der Waals surface area contributed by atoms with Crippen LogP contribution in [0.1, 0.15) is 76.3 Å². The van der Waals surface area contributed by atoms with Crippen LogP contribution in [0.25, 0.3) is 0 Å². The first-order valence-corrected chi connectivity index (χ1v) is 10.2. The van der Waals surface area contributed by atoms with E-state index in [1.165, 1.54) is 6.07 Å². The minimum absolute atomic E-state index is 0.0696. The number of amides is 1. The van der Waals surface area contributed by atoms with Crippen LogP contribution in [-0.2, 0) is 9.47 Å². The highest BCUT2D eigenvalue weighted by Gasteiger charge is 2.45. The number of esters is 1. The molecule has 2 heterocycles. The van der Waals surface area contributed by atoms with Crippen molar-refractivity contribution < 1.29 is 28.2 Å². The molecule has 1 aromatic rings. The summed E-state index contributed by atoms with van der Waals surface area (Å²) in [7, 11) is 0. The van der Waals surface area contributed by atoms with Gasteiger partial charge in [0, 0.05) is 19.4 Å². The van der Waals surface area contributed by atoms with Crippen molar-refractivity contribution >= 4 is 12.1 Å². The van der Waals surface area contributed by atoms with E-state index in [1.807, 2.05) is 0 Å². The van der Waals surface area contributed by atoms with Crippen molar-refractivity contribution in [1.82, 2.24) is 10.6 Å². The van der Waals surface area contributed by atoms with Crippen LogP contribution in [0, 0.1) is 5.82 Å². The summed E-state index contributed by atoms with van der Waals surface area (Å²) in [5, 5.41) is 6.04. The number of rotatable bonds is 2. The fourth-order valence-electron chi connectivity index (χ4n) is 3.77. The number of carbonyl (C=O) groups excluding carboxylic acids is 2. The third kappa shape index (κ3) is 5.22. The first-order chi connectivity index (χ1) is 13.8. The van der Waals surface area contributed by atoms with Gasteiger partial charge in [-0.25, -0.2) is 14.0 Å². The second-order valence-electron chi connectivity index (χ2n) is 9.99. The predicted molar refractivity (Wildman–Crippen MR) is 109 cm³/mol. The number of halogens is 1. The van der Waals surface area contributed by atoms with Crippen LogP contribution in [0.5, 0.6) is 5.75 Å². The van der Waals surface area contributed by atoms with Crippen LogP contribution in [0.2, 0.25) is 0 Å². The van der Waals surface area contributed by atoms with Gasteiger partial charge in [0.15, 0.2) is 0 Å². The predicted octanol–water partition coefficient (Wildman–Crippen LogP) is 3.86. The molecule has 8 heteroatoms. The molecule has 1 aromatic carbocycles. The van der Waals surface area contributed by atoms with Crippen molar-refractivity contribution in [2.24, 2.45) is 0 Å². The molecule has 2 unspecified atom stereocenters. The van der Waals surface area contributed by atoms with Crippen molar-refractivity contribution in [3.8, 4) is 5.75 Å². The molecule has 2 aliphatic rings. The zero-order valence-corrected chi connectivity index (χ0v) is 18.5. The molecule has 1 spiro atoms. The number of carbonyl (C=O) groups is 2. The summed E-state index contributed by atoms with van der Waals surface area (Å²) >= 11 is 0. The summed E-state index contributed by atoms with van der Waals surface area (Å²) in [5.74, 6) is -1.02. The zero-order chi connectivity index (χ0) is 22.3. The highest BCUT2D eigenvalue weighted by Crippen LogP contribution is 2.44. The summed E-state index contributed by atoms with van der Waals surface area (Å²) < 4.78 is 32.1. The average molecular weight is 422 g/mol. The molecule has 0 radical (unpaired) electrons. The third-order valence-electron chi connectivity index (χ3n) is 4.87. The molecule has 0 aromatic heterocycles. The number of benzene rings is 1. The van der Waals surface area contributed by atoms with Crippen molar-refractivity contribution in [3.63, 3.8) is 0 Å². The van der Waals surface area contributed by atoms with Gasteiger partial charge in [-0.1, -0.05) is 0 Å². The van der Waals surface area contributed by atoms with E-state index in [2.05, 4.69) is 10.6 Å². The summed E-state index contributed by atoms with van der Waals surface area (Å²) in [6, 6.07) is 1.98. The molecule has 2 aliphatic heterocycles. The molecule has 166 valence electrons. The molecule has 0 bridgehead atoms. The summed E-state index contributed by atoms with van der Waals surface area (Å²) in [4.78, 5) is 24.9. The highest BCUT2D eigenvalue weighted by molar-refractivity contribution is 5.90. The van der Waals surface area contributed by atoms with Crippen molar-refractivity contribution in [2.75, 3.05) is 13.1 Å². The molecule has 3 rings (SSSR count). The van der Waals surface area contributed by atoms with E-state index in [4.69, 9.17) is 14.2 Å². The first kappa shape index (κ1) is 22.3. The number of fused-ring (bicyclic) bond motifs is 1. The van der Waals surface area contributed by atoms with Gasteiger partial charge in [-0.3, -0.25) is 0 Å². The molecule has 1 saturated heterocycles. The maximum absolute atomic E-state index is 15.1. The van der Waals surface area contributed by atoms with E-state index in [0.717, 1.165) is 12.6 Å². The third-order valence-corrected chi connectivity index (χ3v) is 4.87. The van der Waals surface area contributed by atoms with Gasteiger partial charge >= 0.3 is 12.1 Å². The van der Waals surface area contributed by atoms with Crippen LogP contribution in [0.15, 0.2) is 12.1 Å². The fraction of sp³-hybridized carbons (Fsp3) is 0.636. The summed E-state index contributed by atoms with van der Waals surface area (Å²) in [6.07, 6.45) is 0.476. The van der Waals surface area contributed by atoms with Gasteiger partial charge in [-0.05, 0) is 60.2 Å². The lowest BCUT2D eigenvalue weighted by Crippen LogP contribution is -2.47. The van der Waals surface area contributed by atoms with Gasteiger partial charge in [0.2, 0.25) is 0 Å². The van der Waals surface area contributed by atoms with Gasteiger partial charge < -0.3 is 24.8 Å². The molecule has 0 saturated carbocycles. The quantitative estimate of drug-likeness (QED) is 0.704. The Morgan fingerprint density at radius 1 is 1.17 bits per heavy atom. The first-order valence-electron chi connectivity index (χ1n) is 10.2. The lowest BCUT2D eigenvalue weighted by molar-refractivity contribution is 0.00626. The molecular weight excluding hydrogens is 391 g/mol. The van der Waals surface area contributed by atoms with Crippen LogP contribution >= 0.6 is 0 Å². The number of nitrogens with one attached hydrogen (secondary N) is 2. The van der Waals surface area contributed by atoms with E-state index >= 15 is 4.39 Å². The second-order valence-corrected chi connectivity index (χ2v) is 9.99. The Bertz CT molecular complexity index is 835. The number of hydrogen-bond donors (Lipinski definition) is 2. The van der Waals surface area contributed by atoms with Crippen LogP contribution in [-0.4, -0.2) is 42.0 Å². The molecule has 1 amide bonds. The van der Waals surface area contributed by atoms with E-state index in [-0.39, 0.29) is 16.9 Å². The average Bonchev–Trinajstić information content (AvgIpc) is 2.97. The smallest absolute Gasteiger partial charge is 0.408 e. The monoisotopic (exact) mass is 422 g/mol. The van der Waals surface area contributed by atoms with E-state index in [1.54, 1.807) is 41.5 Å². The van der Waals surface area contributed by atoms with Crippen molar-refractivity contribution in [1.29, 1.82) is 0 Å². The molecule has 1 fully saturated rings. The Hall–Kier alpha value is -2.35. The van der Waals surface area contributed by atoms with Gasteiger partial charge in [-0.15, -0.1) is 0 Å². The van der Waals surface area contributed by atoms with Gasteiger partial charge in [0.25, 0.3) is 0 Å². The Morgan fingerprint density at radius 3 is 2.40 bits per heavy atom. The molecule has 0 aliphatic carbocycles.